The summed E-state index contributed by atoms with van der Waals surface area (Å²) in [6.07, 6.45) is 5.87. The van der Waals surface area contributed by atoms with Crippen LogP contribution in [0.25, 0.3) is 11.1 Å². The first kappa shape index (κ1) is 13.7. The van der Waals surface area contributed by atoms with Gasteiger partial charge in [-0.1, -0.05) is 48.0 Å². The first-order valence-corrected chi connectivity index (χ1v) is 7.97. The standard InChI is InChI=1S/C20H17ClO/c1-22-18-9-7-13(8-10-18)19-15-5-6-16(11-15)20(19)14-3-2-4-17(21)12-14/h2-10,12,15-16H,11H2,1H3. The lowest BCUT2D eigenvalue weighted by molar-refractivity contribution is 0.415. The Hall–Kier alpha value is -1.99. The molecule has 0 aromatic heterocycles. The molecule has 0 radical (unpaired) electrons. The van der Waals surface area contributed by atoms with Gasteiger partial charge in [0, 0.05) is 16.9 Å². The second kappa shape index (κ2) is 5.33. The normalized spacial score (nSPS) is 22.5. The SMILES string of the molecule is COc1ccc(C2=C(c3cccc(Cl)c3)C3C=CC2C3)cc1. The average molecular weight is 309 g/mol. The van der Waals surface area contributed by atoms with Crippen LogP contribution in [0.5, 0.6) is 5.75 Å². The van der Waals surface area contributed by atoms with E-state index in [4.69, 9.17) is 16.3 Å². The number of ether oxygens (including phenoxy) is 1. The van der Waals surface area contributed by atoms with Crippen molar-refractivity contribution in [1.29, 1.82) is 0 Å². The zero-order chi connectivity index (χ0) is 15.1. The van der Waals surface area contributed by atoms with Crippen LogP contribution in [0.4, 0.5) is 0 Å². The number of hydrogen-bond donors (Lipinski definition) is 0. The van der Waals surface area contributed by atoms with Gasteiger partial charge in [-0.15, -0.1) is 0 Å². The molecule has 0 amide bonds. The smallest absolute Gasteiger partial charge is 0.118 e. The fourth-order valence-corrected chi connectivity index (χ4v) is 3.88. The topological polar surface area (TPSA) is 9.23 Å². The van der Waals surface area contributed by atoms with E-state index < -0.39 is 0 Å². The summed E-state index contributed by atoms with van der Waals surface area (Å²) < 4.78 is 5.27. The lowest BCUT2D eigenvalue weighted by Crippen LogP contribution is -1.98. The number of benzene rings is 2. The van der Waals surface area contributed by atoms with Gasteiger partial charge in [0.25, 0.3) is 0 Å². The zero-order valence-electron chi connectivity index (χ0n) is 12.4. The number of methoxy groups -OCH3 is 1. The maximum absolute atomic E-state index is 6.20. The van der Waals surface area contributed by atoms with Gasteiger partial charge in [0.05, 0.1) is 7.11 Å². The van der Waals surface area contributed by atoms with Crippen LogP contribution in [0.15, 0.2) is 60.7 Å². The minimum Gasteiger partial charge on any atom is -0.497 e. The van der Waals surface area contributed by atoms with Crippen LogP contribution in [0.1, 0.15) is 17.5 Å². The first-order chi connectivity index (χ1) is 10.8. The molecule has 0 fully saturated rings. The molecule has 0 heterocycles. The molecule has 0 saturated heterocycles. The van der Waals surface area contributed by atoms with Crippen molar-refractivity contribution in [2.24, 2.45) is 11.8 Å². The molecule has 0 N–H and O–H groups in total. The minimum absolute atomic E-state index is 0.514. The Bertz CT molecular complexity index is 771. The maximum Gasteiger partial charge on any atom is 0.118 e. The van der Waals surface area contributed by atoms with E-state index in [1.165, 1.54) is 28.7 Å². The van der Waals surface area contributed by atoms with Crippen LogP contribution in [-0.4, -0.2) is 7.11 Å². The van der Waals surface area contributed by atoms with E-state index in [9.17, 15) is 0 Å². The highest BCUT2D eigenvalue weighted by Crippen LogP contribution is 2.52. The summed E-state index contributed by atoms with van der Waals surface area (Å²) >= 11 is 6.20. The van der Waals surface area contributed by atoms with Crippen LogP contribution < -0.4 is 4.74 Å². The van der Waals surface area contributed by atoms with Gasteiger partial charge in [-0.2, -0.15) is 0 Å². The molecular weight excluding hydrogens is 292 g/mol. The number of allylic oxidation sites excluding steroid dienone is 4. The van der Waals surface area contributed by atoms with Gasteiger partial charge in [0.1, 0.15) is 5.75 Å². The van der Waals surface area contributed by atoms with Gasteiger partial charge in [-0.25, -0.2) is 0 Å². The quantitative estimate of drug-likeness (QED) is 0.684. The molecule has 4 rings (SSSR count). The molecule has 2 aliphatic rings. The van der Waals surface area contributed by atoms with Gasteiger partial charge in [-0.05, 0) is 53.0 Å². The molecule has 0 spiro atoms. The Kier molecular flexibility index (Phi) is 3.31. The van der Waals surface area contributed by atoms with Crippen molar-refractivity contribution in [3.05, 3.63) is 76.8 Å². The van der Waals surface area contributed by atoms with Crippen molar-refractivity contribution in [2.75, 3.05) is 7.11 Å². The van der Waals surface area contributed by atoms with Crippen LogP contribution in [0, 0.1) is 11.8 Å². The minimum atomic E-state index is 0.514. The predicted octanol–water partition coefficient (Wildman–Crippen LogP) is 5.47. The van der Waals surface area contributed by atoms with Gasteiger partial charge >= 0.3 is 0 Å². The third-order valence-electron chi connectivity index (χ3n) is 4.65. The summed E-state index contributed by atoms with van der Waals surface area (Å²) in [4.78, 5) is 0. The first-order valence-electron chi connectivity index (χ1n) is 7.59. The highest BCUT2D eigenvalue weighted by atomic mass is 35.5. The average Bonchev–Trinajstić information content (AvgIpc) is 3.16. The fraction of sp³-hybridized carbons (Fsp3) is 0.200. The third-order valence-corrected chi connectivity index (χ3v) is 4.89. The largest absolute Gasteiger partial charge is 0.497 e. The summed E-state index contributed by atoms with van der Waals surface area (Å²) in [6, 6.07) is 16.6. The summed E-state index contributed by atoms with van der Waals surface area (Å²) in [5.41, 5.74) is 5.40. The molecule has 22 heavy (non-hydrogen) atoms. The van der Waals surface area contributed by atoms with Gasteiger partial charge in [0.15, 0.2) is 0 Å². The Morgan fingerprint density at radius 3 is 2.23 bits per heavy atom. The van der Waals surface area contributed by atoms with Crippen LogP contribution >= 0.6 is 11.6 Å². The lowest BCUT2D eigenvalue weighted by atomic mass is 9.87. The maximum atomic E-state index is 6.20. The molecule has 2 aliphatic carbocycles. The summed E-state index contributed by atoms with van der Waals surface area (Å²) in [6.45, 7) is 0. The van der Waals surface area contributed by atoms with E-state index in [2.05, 4.69) is 36.4 Å². The van der Waals surface area contributed by atoms with E-state index in [0.29, 0.717) is 11.8 Å². The van der Waals surface area contributed by atoms with E-state index in [-0.39, 0.29) is 0 Å². The molecule has 2 unspecified atom stereocenters. The molecule has 2 aromatic carbocycles. The van der Waals surface area contributed by atoms with Gasteiger partial charge < -0.3 is 4.74 Å². The van der Waals surface area contributed by atoms with E-state index >= 15 is 0 Å². The summed E-state index contributed by atoms with van der Waals surface area (Å²) in [5.74, 6) is 1.93. The molecule has 2 aromatic rings. The number of halogens is 1. The molecule has 2 atom stereocenters. The molecular formula is C20H17ClO. The Labute approximate surface area is 135 Å². The third kappa shape index (κ3) is 2.17. The number of rotatable bonds is 3. The van der Waals surface area contributed by atoms with Crippen molar-refractivity contribution < 1.29 is 4.74 Å². The molecule has 2 bridgehead atoms. The number of hydrogen-bond acceptors (Lipinski definition) is 1. The van der Waals surface area contributed by atoms with Crippen molar-refractivity contribution in [1.82, 2.24) is 0 Å². The van der Waals surface area contributed by atoms with Gasteiger partial charge in [-0.3, -0.25) is 0 Å². The highest BCUT2D eigenvalue weighted by molar-refractivity contribution is 6.30. The monoisotopic (exact) mass is 308 g/mol. The van der Waals surface area contributed by atoms with Crippen molar-refractivity contribution in [3.63, 3.8) is 0 Å². The molecule has 0 saturated carbocycles. The lowest BCUT2D eigenvalue weighted by Gasteiger charge is -2.18. The van der Waals surface area contributed by atoms with Crippen LogP contribution in [0.2, 0.25) is 5.02 Å². The van der Waals surface area contributed by atoms with Crippen molar-refractivity contribution in [3.8, 4) is 5.75 Å². The van der Waals surface area contributed by atoms with Crippen LogP contribution in [0.3, 0.4) is 0 Å². The summed E-state index contributed by atoms with van der Waals surface area (Å²) in [7, 11) is 1.70. The number of fused-ring (bicyclic) bond motifs is 2. The fourth-order valence-electron chi connectivity index (χ4n) is 3.69. The predicted molar refractivity (Wildman–Crippen MR) is 92.0 cm³/mol. The van der Waals surface area contributed by atoms with Crippen molar-refractivity contribution in [2.45, 2.75) is 6.42 Å². The van der Waals surface area contributed by atoms with E-state index in [1.54, 1.807) is 7.11 Å². The Balaban J connectivity index is 1.85. The zero-order valence-corrected chi connectivity index (χ0v) is 13.2. The highest BCUT2D eigenvalue weighted by Gasteiger charge is 2.36. The van der Waals surface area contributed by atoms with E-state index in [0.717, 1.165) is 10.8 Å². The van der Waals surface area contributed by atoms with Crippen LogP contribution in [-0.2, 0) is 0 Å². The Morgan fingerprint density at radius 2 is 1.59 bits per heavy atom. The van der Waals surface area contributed by atoms with E-state index in [1.807, 2.05) is 24.3 Å². The molecule has 0 aliphatic heterocycles. The molecule has 1 nitrogen and oxygen atoms in total. The second-order valence-electron chi connectivity index (χ2n) is 5.90. The van der Waals surface area contributed by atoms with Crippen molar-refractivity contribution >= 4 is 22.7 Å². The molecule has 110 valence electrons. The molecule has 2 heteroatoms. The summed E-state index contributed by atoms with van der Waals surface area (Å²) in [5, 5.41) is 0.797. The van der Waals surface area contributed by atoms with Gasteiger partial charge in [0.2, 0.25) is 0 Å². The second-order valence-corrected chi connectivity index (χ2v) is 6.34. The Morgan fingerprint density at radius 1 is 0.909 bits per heavy atom.